The van der Waals surface area contributed by atoms with Gasteiger partial charge in [0, 0.05) is 37.6 Å². The van der Waals surface area contributed by atoms with Gasteiger partial charge in [-0.2, -0.15) is 0 Å². The van der Waals surface area contributed by atoms with Crippen LogP contribution < -0.4 is 0 Å². The molecule has 1 aromatic rings. The van der Waals surface area contributed by atoms with E-state index in [2.05, 4.69) is 40.8 Å². The van der Waals surface area contributed by atoms with Crippen molar-refractivity contribution in [3.05, 3.63) is 11.8 Å². The SMILES string of the molecule is CC(C)(C)c1nnc(CN2CCN(C3CC3)CC2)o1. The summed E-state index contributed by atoms with van der Waals surface area (Å²) in [5, 5.41) is 8.32. The third-order valence-electron chi connectivity index (χ3n) is 3.94. The van der Waals surface area contributed by atoms with Gasteiger partial charge in [0.2, 0.25) is 11.8 Å². The molecule has 1 saturated heterocycles. The van der Waals surface area contributed by atoms with E-state index in [9.17, 15) is 0 Å². The maximum atomic E-state index is 5.76. The first-order valence-electron chi connectivity index (χ1n) is 7.31. The van der Waals surface area contributed by atoms with E-state index < -0.39 is 0 Å². The third-order valence-corrected chi connectivity index (χ3v) is 3.94. The Morgan fingerprint density at radius 3 is 2.32 bits per heavy atom. The minimum Gasteiger partial charge on any atom is -0.423 e. The molecule has 0 amide bonds. The minimum absolute atomic E-state index is 0.0596. The number of aromatic nitrogens is 2. The molecular formula is C14H24N4O. The zero-order valence-corrected chi connectivity index (χ0v) is 12.2. The monoisotopic (exact) mass is 264 g/mol. The van der Waals surface area contributed by atoms with Crippen LogP contribution in [0.3, 0.4) is 0 Å². The second-order valence-corrected chi connectivity index (χ2v) is 6.79. The zero-order chi connectivity index (χ0) is 13.5. The number of rotatable bonds is 3. The molecule has 1 aliphatic carbocycles. The fourth-order valence-corrected chi connectivity index (χ4v) is 2.54. The summed E-state index contributed by atoms with van der Waals surface area (Å²) in [4.78, 5) is 5.03. The van der Waals surface area contributed by atoms with Gasteiger partial charge in [-0.1, -0.05) is 20.8 Å². The fraction of sp³-hybridized carbons (Fsp3) is 0.857. The van der Waals surface area contributed by atoms with Gasteiger partial charge in [0.1, 0.15) is 0 Å². The minimum atomic E-state index is -0.0596. The summed E-state index contributed by atoms with van der Waals surface area (Å²) < 4.78 is 5.76. The predicted molar refractivity (Wildman–Crippen MR) is 72.9 cm³/mol. The molecule has 19 heavy (non-hydrogen) atoms. The van der Waals surface area contributed by atoms with E-state index in [1.807, 2.05) is 0 Å². The Labute approximate surface area is 115 Å². The number of nitrogens with zero attached hydrogens (tertiary/aromatic N) is 4. The molecule has 2 aliphatic rings. The van der Waals surface area contributed by atoms with Gasteiger partial charge in [-0.15, -0.1) is 10.2 Å². The quantitative estimate of drug-likeness (QED) is 0.830. The van der Waals surface area contributed by atoms with E-state index in [1.165, 1.54) is 25.9 Å². The van der Waals surface area contributed by atoms with Crippen molar-refractivity contribution in [1.29, 1.82) is 0 Å². The molecule has 2 fully saturated rings. The van der Waals surface area contributed by atoms with Crippen LogP contribution in [0.4, 0.5) is 0 Å². The molecule has 0 aromatic carbocycles. The molecule has 0 N–H and O–H groups in total. The summed E-state index contributed by atoms with van der Waals surface area (Å²) in [6.45, 7) is 11.7. The van der Waals surface area contributed by atoms with E-state index in [-0.39, 0.29) is 5.41 Å². The maximum Gasteiger partial charge on any atom is 0.230 e. The van der Waals surface area contributed by atoms with Crippen molar-refractivity contribution >= 4 is 0 Å². The van der Waals surface area contributed by atoms with Crippen molar-refractivity contribution in [3.8, 4) is 0 Å². The van der Waals surface area contributed by atoms with E-state index >= 15 is 0 Å². The van der Waals surface area contributed by atoms with Gasteiger partial charge in [-0.3, -0.25) is 9.80 Å². The lowest BCUT2D eigenvalue weighted by molar-refractivity contribution is 0.113. The normalized spacial score (nSPS) is 22.9. The highest BCUT2D eigenvalue weighted by Crippen LogP contribution is 2.27. The Bertz CT molecular complexity index is 425. The molecular weight excluding hydrogens is 240 g/mol. The molecule has 5 heteroatoms. The first-order chi connectivity index (χ1) is 9.02. The van der Waals surface area contributed by atoms with Gasteiger partial charge in [-0.25, -0.2) is 0 Å². The van der Waals surface area contributed by atoms with Crippen molar-refractivity contribution in [2.45, 2.75) is 51.6 Å². The van der Waals surface area contributed by atoms with E-state index in [1.54, 1.807) is 0 Å². The van der Waals surface area contributed by atoms with Crippen LogP contribution in [0.5, 0.6) is 0 Å². The van der Waals surface area contributed by atoms with Gasteiger partial charge in [0.15, 0.2) is 0 Å². The average Bonchev–Trinajstić information content (AvgIpc) is 3.09. The highest BCUT2D eigenvalue weighted by molar-refractivity contribution is 4.96. The molecule has 0 atom stereocenters. The highest BCUT2D eigenvalue weighted by atomic mass is 16.4. The highest BCUT2D eigenvalue weighted by Gasteiger charge is 2.31. The summed E-state index contributed by atoms with van der Waals surface area (Å²) >= 11 is 0. The molecule has 1 saturated carbocycles. The van der Waals surface area contributed by atoms with Gasteiger partial charge in [0.25, 0.3) is 0 Å². The topological polar surface area (TPSA) is 45.4 Å². The van der Waals surface area contributed by atoms with Crippen LogP contribution in [-0.4, -0.2) is 52.2 Å². The fourth-order valence-electron chi connectivity index (χ4n) is 2.54. The number of piperazine rings is 1. The second kappa shape index (κ2) is 4.87. The molecule has 0 unspecified atom stereocenters. The summed E-state index contributed by atoms with van der Waals surface area (Å²) in [6.07, 6.45) is 2.80. The smallest absolute Gasteiger partial charge is 0.230 e. The van der Waals surface area contributed by atoms with Crippen LogP contribution in [0.2, 0.25) is 0 Å². The average molecular weight is 264 g/mol. The summed E-state index contributed by atoms with van der Waals surface area (Å²) in [5.41, 5.74) is -0.0596. The van der Waals surface area contributed by atoms with Gasteiger partial charge in [0.05, 0.1) is 6.54 Å². The molecule has 106 valence electrons. The molecule has 0 bridgehead atoms. The standard InChI is InChI=1S/C14H24N4O/c1-14(2,3)13-16-15-12(19-13)10-17-6-8-18(9-7-17)11-4-5-11/h11H,4-10H2,1-3H3. The van der Waals surface area contributed by atoms with E-state index in [0.717, 1.165) is 37.5 Å². The molecule has 2 heterocycles. The summed E-state index contributed by atoms with van der Waals surface area (Å²) in [7, 11) is 0. The van der Waals surface area contributed by atoms with Crippen molar-refractivity contribution in [1.82, 2.24) is 20.0 Å². The molecule has 1 aromatic heterocycles. The van der Waals surface area contributed by atoms with Crippen LogP contribution in [-0.2, 0) is 12.0 Å². The first kappa shape index (κ1) is 13.1. The lowest BCUT2D eigenvalue weighted by atomic mass is 9.97. The molecule has 0 radical (unpaired) electrons. The van der Waals surface area contributed by atoms with Crippen molar-refractivity contribution in [2.24, 2.45) is 0 Å². The van der Waals surface area contributed by atoms with E-state index in [4.69, 9.17) is 4.42 Å². The van der Waals surface area contributed by atoms with Crippen LogP contribution in [0.25, 0.3) is 0 Å². The molecule has 1 aliphatic heterocycles. The van der Waals surface area contributed by atoms with Crippen molar-refractivity contribution in [3.63, 3.8) is 0 Å². The van der Waals surface area contributed by atoms with Crippen LogP contribution in [0, 0.1) is 0 Å². The van der Waals surface area contributed by atoms with Crippen LogP contribution in [0.15, 0.2) is 4.42 Å². The van der Waals surface area contributed by atoms with Crippen LogP contribution in [0.1, 0.15) is 45.4 Å². The summed E-state index contributed by atoms with van der Waals surface area (Å²) in [5.74, 6) is 1.49. The van der Waals surface area contributed by atoms with Crippen molar-refractivity contribution in [2.75, 3.05) is 26.2 Å². The van der Waals surface area contributed by atoms with Gasteiger partial charge in [-0.05, 0) is 12.8 Å². The Hall–Kier alpha value is -0.940. The van der Waals surface area contributed by atoms with Gasteiger partial charge >= 0.3 is 0 Å². The lowest BCUT2D eigenvalue weighted by Gasteiger charge is -2.33. The lowest BCUT2D eigenvalue weighted by Crippen LogP contribution is -2.46. The van der Waals surface area contributed by atoms with Gasteiger partial charge < -0.3 is 4.42 Å². The maximum absolute atomic E-state index is 5.76. The number of hydrogen-bond acceptors (Lipinski definition) is 5. The van der Waals surface area contributed by atoms with Crippen molar-refractivity contribution < 1.29 is 4.42 Å². The second-order valence-electron chi connectivity index (χ2n) is 6.79. The Balaban J connectivity index is 1.53. The first-order valence-corrected chi connectivity index (χ1v) is 7.31. The predicted octanol–water partition coefficient (Wildman–Crippen LogP) is 1.65. The van der Waals surface area contributed by atoms with E-state index in [0.29, 0.717) is 0 Å². The van der Waals surface area contributed by atoms with Crippen LogP contribution >= 0.6 is 0 Å². The Morgan fingerprint density at radius 1 is 1.11 bits per heavy atom. The largest absolute Gasteiger partial charge is 0.423 e. The molecule has 3 rings (SSSR count). The molecule has 5 nitrogen and oxygen atoms in total. The Morgan fingerprint density at radius 2 is 1.79 bits per heavy atom. The number of hydrogen-bond donors (Lipinski definition) is 0. The third kappa shape index (κ3) is 3.15. The summed E-state index contributed by atoms with van der Waals surface area (Å²) in [6, 6.07) is 0.887. The molecule has 0 spiro atoms. The zero-order valence-electron chi connectivity index (χ0n) is 12.2. The Kier molecular flexibility index (Phi) is 3.35.